The van der Waals surface area contributed by atoms with E-state index in [1.807, 2.05) is 56.3 Å². The Bertz CT molecular complexity index is 1290. The van der Waals surface area contributed by atoms with Crippen molar-refractivity contribution in [1.29, 1.82) is 0 Å². The van der Waals surface area contributed by atoms with Gasteiger partial charge >= 0.3 is 6.03 Å². The number of hydrogen-bond donors (Lipinski definition) is 2. The Labute approximate surface area is 180 Å². The molecule has 0 saturated heterocycles. The van der Waals surface area contributed by atoms with Crippen molar-refractivity contribution < 1.29 is 9.18 Å². The van der Waals surface area contributed by atoms with Crippen LogP contribution in [0.25, 0.3) is 10.9 Å². The predicted molar refractivity (Wildman–Crippen MR) is 122 cm³/mol. The molecule has 4 nitrogen and oxygen atoms in total. The lowest BCUT2D eigenvalue weighted by molar-refractivity contribution is 0.192. The number of para-hydroxylation sites is 1. The first-order valence-corrected chi connectivity index (χ1v) is 10.5. The van der Waals surface area contributed by atoms with Gasteiger partial charge in [0.1, 0.15) is 11.9 Å². The number of urea groups is 1. The molecule has 5 heteroatoms. The summed E-state index contributed by atoms with van der Waals surface area (Å²) in [4.78, 5) is 18.6. The monoisotopic (exact) mass is 413 g/mol. The van der Waals surface area contributed by atoms with Crippen LogP contribution in [0.1, 0.15) is 34.0 Å². The van der Waals surface area contributed by atoms with Crippen LogP contribution in [0.3, 0.4) is 0 Å². The van der Waals surface area contributed by atoms with Crippen LogP contribution in [0, 0.1) is 19.7 Å². The molecule has 1 unspecified atom stereocenters. The third-order valence-electron chi connectivity index (χ3n) is 6.34. The maximum Gasteiger partial charge on any atom is 0.322 e. The van der Waals surface area contributed by atoms with Gasteiger partial charge in [-0.2, -0.15) is 0 Å². The van der Waals surface area contributed by atoms with E-state index in [2.05, 4.69) is 16.4 Å². The van der Waals surface area contributed by atoms with Crippen LogP contribution >= 0.6 is 0 Å². The molecule has 2 N–H and O–H groups in total. The van der Waals surface area contributed by atoms with Gasteiger partial charge in [0.15, 0.2) is 0 Å². The Morgan fingerprint density at radius 1 is 1.03 bits per heavy atom. The van der Waals surface area contributed by atoms with Gasteiger partial charge in [-0.15, -0.1) is 0 Å². The van der Waals surface area contributed by atoms with E-state index in [1.165, 1.54) is 6.07 Å². The van der Waals surface area contributed by atoms with E-state index >= 15 is 0 Å². The molecule has 0 saturated carbocycles. The highest BCUT2D eigenvalue weighted by atomic mass is 19.1. The number of aromatic nitrogens is 1. The van der Waals surface area contributed by atoms with E-state index in [4.69, 9.17) is 0 Å². The maximum atomic E-state index is 14.9. The molecule has 31 heavy (non-hydrogen) atoms. The lowest BCUT2D eigenvalue weighted by atomic mass is 9.92. The topological polar surface area (TPSA) is 48.1 Å². The first-order valence-electron chi connectivity index (χ1n) is 10.5. The van der Waals surface area contributed by atoms with Crippen LogP contribution in [0.15, 0.2) is 66.7 Å². The van der Waals surface area contributed by atoms with E-state index in [1.54, 1.807) is 17.0 Å². The summed E-state index contributed by atoms with van der Waals surface area (Å²) in [6, 6.07) is 19.9. The van der Waals surface area contributed by atoms with Crippen molar-refractivity contribution in [3.8, 4) is 0 Å². The van der Waals surface area contributed by atoms with Crippen molar-refractivity contribution in [3.63, 3.8) is 0 Å². The first kappa shape index (κ1) is 19.4. The van der Waals surface area contributed by atoms with Gasteiger partial charge in [-0.25, -0.2) is 9.18 Å². The number of nitrogens with zero attached hydrogens (tertiary/aromatic N) is 1. The second kappa shape index (κ2) is 7.58. The van der Waals surface area contributed by atoms with Crippen LogP contribution in [0.2, 0.25) is 0 Å². The fraction of sp³-hybridized carbons (Fsp3) is 0.192. The Kier molecular flexibility index (Phi) is 4.74. The number of anilines is 1. The molecule has 0 spiro atoms. The molecule has 4 aromatic rings. The number of hydrogen-bond acceptors (Lipinski definition) is 1. The number of H-pyrrole nitrogens is 1. The fourth-order valence-corrected chi connectivity index (χ4v) is 4.55. The number of carbonyl (C=O) groups excluding carboxylic acids is 1. The van der Waals surface area contributed by atoms with Crippen LogP contribution < -0.4 is 5.32 Å². The van der Waals surface area contributed by atoms with E-state index in [0.29, 0.717) is 18.5 Å². The highest BCUT2D eigenvalue weighted by Gasteiger charge is 2.36. The molecule has 0 radical (unpaired) electrons. The Hall–Kier alpha value is -3.60. The summed E-state index contributed by atoms with van der Waals surface area (Å²) >= 11 is 0. The zero-order valence-corrected chi connectivity index (χ0v) is 17.6. The zero-order valence-electron chi connectivity index (χ0n) is 17.6. The molecule has 0 aliphatic carbocycles. The zero-order chi connectivity index (χ0) is 21.5. The normalized spacial score (nSPS) is 15.7. The largest absolute Gasteiger partial charge is 0.356 e. The van der Waals surface area contributed by atoms with Crippen LogP contribution in [0.4, 0.5) is 14.9 Å². The fourth-order valence-electron chi connectivity index (χ4n) is 4.55. The molecule has 0 fully saturated rings. The number of benzene rings is 3. The lowest BCUT2D eigenvalue weighted by Crippen LogP contribution is -2.43. The van der Waals surface area contributed by atoms with Crippen molar-refractivity contribution in [2.75, 3.05) is 11.9 Å². The van der Waals surface area contributed by atoms with Gasteiger partial charge < -0.3 is 15.2 Å². The molecule has 1 aliphatic rings. The SMILES string of the molecule is Cc1cccc(NC(=O)N2CCc3c([nH]c4ccccc34)C2c2ccccc2F)c1C. The van der Waals surface area contributed by atoms with Gasteiger partial charge in [0.2, 0.25) is 0 Å². The number of nitrogens with one attached hydrogen (secondary N) is 2. The summed E-state index contributed by atoms with van der Waals surface area (Å²) in [5, 5.41) is 4.19. The van der Waals surface area contributed by atoms with Gasteiger partial charge in [0.05, 0.1) is 0 Å². The van der Waals surface area contributed by atoms with E-state index in [0.717, 1.165) is 39.0 Å². The highest BCUT2D eigenvalue weighted by Crippen LogP contribution is 2.39. The number of amides is 2. The number of aryl methyl sites for hydroxylation is 1. The molecule has 3 aromatic carbocycles. The van der Waals surface area contributed by atoms with E-state index in [-0.39, 0.29) is 11.8 Å². The number of aromatic amines is 1. The number of carbonyl (C=O) groups is 1. The molecule has 2 heterocycles. The highest BCUT2D eigenvalue weighted by molar-refractivity contribution is 5.92. The molecule has 0 bridgehead atoms. The smallest absolute Gasteiger partial charge is 0.322 e. The van der Waals surface area contributed by atoms with Crippen LogP contribution in [-0.2, 0) is 6.42 Å². The second-order valence-electron chi connectivity index (χ2n) is 8.11. The first-order chi connectivity index (χ1) is 15.0. The minimum atomic E-state index is -0.525. The average molecular weight is 413 g/mol. The van der Waals surface area contributed by atoms with Crippen molar-refractivity contribution in [2.45, 2.75) is 26.3 Å². The molecule has 1 aliphatic heterocycles. The summed E-state index contributed by atoms with van der Waals surface area (Å²) in [6.45, 7) is 4.51. The minimum absolute atomic E-state index is 0.230. The number of halogens is 1. The van der Waals surface area contributed by atoms with Gasteiger partial charge in [-0.05, 0) is 55.2 Å². The van der Waals surface area contributed by atoms with Gasteiger partial charge in [-0.1, -0.05) is 48.5 Å². The van der Waals surface area contributed by atoms with Crippen LogP contribution in [-0.4, -0.2) is 22.5 Å². The summed E-state index contributed by atoms with van der Waals surface area (Å²) in [7, 11) is 0. The van der Waals surface area contributed by atoms with Gasteiger partial charge in [0.25, 0.3) is 0 Å². The van der Waals surface area contributed by atoms with Crippen molar-refractivity contribution in [1.82, 2.24) is 9.88 Å². The Morgan fingerprint density at radius 2 is 1.81 bits per heavy atom. The number of rotatable bonds is 2. The Balaban J connectivity index is 1.60. The van der Waals surface area contributed by atoms with E-state index in [9.17, 15) is 9.18 Å². The molecule has 156 valence electrons. The van der Waals surface area contributed by atoms with Crippen molar-refractivity contribution in [3.05, 3.63) is 100 Å². The van der Waals surface area contributed by atoms with E-state index < -0.39 is 6.04 Å². The summed E-state index contributed by atoms with van der Waals surface area (Å²) < 4.78 is 14.9. The summed E-state index contributed by atoms with van der Waals surface area (Å²) in [6.07, 6.45) is 0.713. The third-order valence-corrected chi connectivity index (χ3v) is 6.34. The second-order valence-corrected chi connectivity index (χ2v) is 8.11. The molecular weight excluding hydrogens is 389 g/mol. The number of fused-ring (bicyclic) bond motifs is 3. The molecule has 1 aromatic heterocycles. The molecular formula is C26H24FN3O. The van der Waals surface area contributed by atoms with Crippen molar-refractivity contribution >= 4 is 22.6 Å². The molecule has 5 rings (SSSR count). The predicted octanol–water partition coefficient (Wildman–Crippen LogP) is 6.10. The Morgan fingerprint density at radius 3 is 2.65 bits per heavy atom. The van der Waals surface area contributed by atoms with Crippen molar-refractivity contribution in [2.24, 2.45) is 0 Å². The molecule has 1 atom stereocenters. The maximum absolute atomic E-state index is 14.9. The standard InChI is InChI=1S/C26H24FN3O/c1-16-8-7-13-22(17(16)2)29-26(31)30-15-14-19-18-9-4-6-12-23(18)28-24(19)25(30)20-10-3-5-11-21(20)27/h3-13,25,28H,14-15H2,1-2H3,(H,29,31). The minimum Gasteiger partial charge on any atom is -0.356 e. The lowest BCUT2D eigenvalue weighted by Gasteiger charge is -2.36. The summed E-state index contributed by atoms with van der Waals surface area (Å²) in [5.41, 5.74) is 6.45. The summed E-state index contributed by atoms with van der Waals surface area (Å²) in [5.74, 6) is -0.316. The molecule has 2 amide bonds. The quantitative estimate of drug-likeness (QED) is 0.410. The average Bonchev–Trinajstić information content (AvgIpc) is 3.15. The third kappa shape index (κ3) is 3.26. The van der Waals surface area contributed by atoms with Gasteiger partial charge in [-0.3, -0.25) is 0 Å². The van der Waals surface area contributed by atoms with Gasteiger partial charge in [0, 0.05) is 34.4 Å². The van der Waals surface area contributed by atoms with Crippen LogP contribution in [0.5, 0.6) is 0 Å².